The predicted molar refractivity (Wildman–Crippen MR) is 52.7 cm³/mol. The van der Waals surface area contributed by atoms with Crippen LogP contribution in [0.15, 0.2) is 12.2 Å². The molecule has 0 heterocycles. The minimum atomic E-state index is -6.46. The van der Waals surface area contributed by atoms with Crippen LogP contribution in [0.1, 0.15) is 6.92 Å². The lowest BCUT2D eigenvalue weighted by atomic mass is 9.93. The number of hydrogen-bond donors (Lipinski definition) is 1. The van der Waals surface area contributed by atoms with Crippen LogP contribution in [0.4, 0.5) is 39.5 Å². The Kier molecular flexibility index (Phi) is 5.92. The van der Waals surface area contributed by atoms with Crippen molar-refractivity contribution in [3.8, 4) is 0 Å². The Hall–Kier alpha value is -1.46. The second kappa shape index (κ2) is 6.34. The summed E-state index contributed by atoms with van der Waals surface area (Å²) >= 11 is 0. The molecule has 0 spiro atoms. The fraction of sp³-hybridized carbons (Fsp3) is 0.700. The summed E-state index contributed by atoms with van der Waals surface area (Å²) in [6.07, 6.45) is -26.4. The van der Waals surface area contributed by atoms with Gasteiger partial charge in [-0.25, -0.2) is 18.0 Å². The molecule has 0 bridgehead atoms. The largest absolute Gasteiger partial charge is 0.446 e. The number of alkyl halides is 9. The molecule has 0 saturated heterocycles. The Morgan fingerprint density at radius 3 is 1.73 bits per heavy atom. The van der Waals surface area contributed by atoms with Gasteiger partial charge in [0.1, 0.15) is 0 Å². The van der Waals surface area contributed by atoms with E-state index in [0.717, 1.165) is 6.92 Å². The Morgan fingerprint density at radius 2 is 1.50 bits per heavy atom. The van der Waals surface area contributed by atoms with Gasteiger partial charge in [-0.05, 0) is 6.92 Å². The van der Waals surface area contributed by atoms with Gasteiger partial charge in [0.15, 0.2) is 6.17 Å². The standard InChI is InChI=1S/C10H9F9O3/c1-3(2)6(20)22-5(9(14,15)16)4(11)8(21,7(12)13)10(17,18)19/h4-5,7,21H,1H2,2H3. The molecule has 0 fully saturated rings. The van der Waals surface area contributed by atoms with Crippen molar-refractivity contribution in [2.45, 2.75) is 43.6 Å². The van der Waals surface area contributed by atoms with E-state index in [1.165, 1.54) is 0 Å². The molecular weight excluding hydrogens is 339 g/mol. The monoisotopic (exact) mass is 348 g/mol. The molecule has 0 rings (SSSR count). The van der Waals surface area contributed by atoms with Gasteiger partial charge >= 0.3 is 18.3 Å². The van der Waals surface area contributed by atoms with E-state index in [9.17, 15) is 44.3 Å². The third kappa shape index (κ3) is 4.05. The van der Waals surface area contributed by atoms with Gasteiger partial charge in [0.05, 0.1) is 0 Å². The Bertz CT molecular complexity index is 428. The summed E-state index contributed by atoms with van der Waals surface area (Å²) in [5.74, 6) is -1.97. The van der Waals surface area contributed by atoms with Crippen LogP contribution in [0.5, 0.6) is 0 Å². The second-order valence-electron chi connectivity index (χ2n) is 4.17. The second-order valence-corrected chi connectivity index (χ2v) is 4.17. The van der Waals surface area contributed by atoms with Crippen molar-refractivity contribution < 1.29 is 54.2 Å². The number of carbonyl (C=O) groups excluding carboxylic acids is 1. The van der Waals surface area contributed by atoms with E-state index < -0.39 is 48.2 Å². The van der Waals surface area contributed by atoms with E-state index >= 15 is 0 Å². The molecule has 3 atom stereocenters. The molecule has 0 aromatic rings. The van der Waals surface area contributed by atoms with Crippen molar-refractivity contribution in [2.75, 3.05) is 0 Å². The van der Waals surface area contributed by atoms with E-state index in [4.69, 9.17) is 5.11 Å². The topological polar surface area (TPSA) is 46.5 Å². The summed E-state index contributed by atoms with van der Waals surface area (Å²) in [5.41, 5.74) is -6.43. The number of ether oxygens (including phenoxy) is 1. The van der Waals surface area contributed by atoms with Gasteiger partial charge in [0.25, 0.3) is 12.0 Å². The fourth-order valence-corrected chi connectivity index (χ4v) is 1.14. The zero-order valence-electron chi connectivity index (χ0n) is 10.6. The lowest BCUT2D eigenvalue weighted by Crippen LogP contribution is -2.64. The Morgan fingerprint density at radius 1 is 1.09 bits per heavy atom. The van der Waals surface area contributed by atoms with E-state index in [0.29, 0.717) is 0 Å². The Labute approximate surface area is 117 Å². The Balaban J connectivity index is 5.84. The maximum absolute atomic E-state index is 13.5. The minimum absolute atomic E-state index is 0.756. The molecule has 3 nitrogen and oxygen atoms in total. The molecule has 0 aliphatic carbocycles. The normalized spacial score (nSPS) is 18.5. The number of rotatable bonds is 5. The first kappa shape index (κ1) is 20.5. The number of hydrogen-bond acceptors (Lipinski definition) is 3. The number of aliphatic hydroxyl groups is 1. The summed E-state index contributed by atoms with van der Waals surface area (Å²) in [6.45, 7) is 3.58. The minimum Gasteiger partial charge on any atom is -0.446 e. The van der Waals surface area contributed by atoms with Gasteiger partial charge in [0, 0.05) is 5.57 Å². The zero-order valence-corrected chi connectivity index (χ0v) is 10.6. The van der Waals surface area contributed by atoms with Gasteiger partial charge in [0.2, 0.25) is 6.10 Å². The van der Waals surface area contributed by atoms with Crippen molar-refractivity contribution in [1.82, 2.24) is 0 Å². The predicted octanol–water partition coefficient (Wildman–Crippen LogP) is 2.93. The quantitative estimate of drug-likeness (QED) is 0.472. The van der Waals surface area contributed by atoms with E-state index in [-0.39, 0.29) is 0 Å². The first-order valence-corrected chi connectivity index (χ1v) is 5.21. The lowest BCUT2D eigenvalue weighted by molar-refractivity contribution is -0.343. The highest BCUT2D eigenvalue weighted by Crippen LogP contribution is 2.43. The van der Waals surface area contributed by atoms with Crippen LogP contribution in [-0.2, 0) is 9.53 Å². The lowest BCUT2D eigenvalue weighted by Gasteiger charge is -2.36. The molecule has 0 amide bonds. The summed E-state index contributed by atoms with van der Waals surface area (Å²) in [5, 5.41) is 8.72. The van der Waals surface area contributed by atoms with Gasteiger partial charge in [-0.2, -0.15) is 26.3 Å². The number of halogens is 9. The molecule has 3 unspecified atom stereocenters. The summed E-state index contributed by atoms with van der Waals surface area (Å²) in [4.78, 5) is 10.9. The summed E-state index contributed by atoms with van der Waals surface area (Å²) in [6, 6.07) is 0. The molecule has 0 aromatic heterocycles. The maximum atomic E-state index is 13.5. The third-order valence-electron chi connectivity index (χ3n) is 2.38. The highest BCUT2D eigenvalue weighted by Gasteiger charge is 2.71. The highest BCUT2D eigenvalue weighted by molar-refractivity contribution is 5.87. The van der Waals surface area contributed by atoms with Crippen molar-refractivity contribution in [3.05, 3.63) is 12.2 Å². The fourth-order valence-electron chi connectivity index (χ4n) is 1.14. The van der Waals surface area contributed by atoms with Crippen LogP contribution in [0, 0.1) is 0 Å². The first-order chi connectivity index (χ1) is 9.56. The maximum Gasteiger partial charge on any atom is 0.428 e. The van der Waals surface area contributed by atoms with E-state index in [2.05, 4.69) is 11.3 Å². The van der Waals surface area contributed by atoms with Crippen molar-refractivity contribution in [2.24, 2.45) is 0 Å². The average molecular weight is 348 g/mol. The van der Waals surface area contributed by atoms with Crippen molar-refractivity contribution >= 4 is 5.97 Å². The van der Waals surface area contributed by atoms with E-state index in [1.54, 1.807) is 0 Å². The molecule has 0 aromatic carbocycles. The number of esters is 1. The van der Waals surface area contributed by atoms with Gasteiger partial charge in [-0.1, -0.05) is 6.58 Å². The molecule has 1 N–H and O–H groups in total. The average Bonchev–Trinajstić information content (AvgIpc) is 2.30. The van der Waals surface area contributed by atoms with Crippen LogP contribution in [0.25, 0.3) is 0 Å². The molecule has 130 valence electrons. The molecule has 0 radical (unpaired) electrons. The van der Waals surface area contributed by atoms with Gasteiger partial charge in [-0.15, -0.1) is 0 Å². The zero-order chi connectivity index (χ0) is 18.1. The van der Waals surface area contributed by atoms with Crippen LogP contribution in [0.2, 0.25) is 0 Å². The molecule has 0 saturated carbocycles. The molecule has 12 heteroatoms. The molecule has 0 aliphatic heterocycles. The van der Waals surface area contributed by atoms with Crippen molar-refractivity contribution in [3.63, 3.8) is 0 Å². The molecular formula is C10H9F9O3. The SMILES string of the molecule is C=C(C)C(=O)OC(C(F)C(O)(C(F)F)C(F)(F)F)C(F)(F)F. The first-order valence-electron chi connectivity index (χ1n) is 5.21. The van der Waals surface area contributed by atoms with Crippen molar-refractivity contribution in [1.29, 1.82) is 0 Å². The molecule has 0 aliphatic rings. The van der Waals surface area contributed by atoms with Crippen LogP contribution >= 0.6 is 0 Å². The highest BCUT2D eigenvalue weighted by atomic mass is 19.4. The number of carbonyl (C=O) groups is 1. The van der Waals surface area contributed by atoms with Crippen LogP contribution < -0.4 is 0 Å². The van der Waals surface area contributed by atoms with Crippen LogP contribution in [-0.4, -0.2) is 47.7 Å². The van der Waals surface area contributed by atoms with Gasteiger partial charge in [-0.3, -0.25) is 0 Å². The smallest absolute Gasteiger partial charge is 0.428 e. The summed E-state index contributed by atoms with van der Waals surface area (Å²) in [7, 11) is 0. The third-order valence-corrected chi connectivity index (χ3v) is 2.38. The van der Waals surface area contributed by atoms with Gasteiger partial charge < -0.3 is 9.84 Å². The summed E-state index contributed by atoms with van der Waals surface area (Å²) < 4.78 is 116. The van der Waals surface area contributed by atoms with E-state index in [1.807, 2.05) is 0 Å². The molecule has 22 heavy (non-hydrogen) atoms. The van der Waals surface area contributed by atoms with Crippen LogP contribution in [0.3, 0.4) is 0 Å².